The minimum atomic E-state index is -0.501. The molecule has 0 aliphatic heterocycles. The lowest BCUT2D eigenvalue weighted by Gasteiger charge is -2.13. The van der Waals surface area contributed by atoms with E-state index in [0.29, 0.717) is 39.4 Å². The van der Waals surface area contributed by atoms with Crippen molar-refractivity contribution in [3.05, 3.63) is 155 Å². The number of hydrogen-bond donors (Lipinski definition) is 0. The molecule has 180 valence electrons. The number of ketones is 1. The fourth-order valence-electron chi connectivity index (χ4n) is 4.32. The molecular formula is C33H24O4. The molecule has 0 spiro atoms. The highest BCUT2D eigenvalue weighted by Crippen LogP contribution is 2.38. The molecular weight excluding hydrogens is 460 g/mol. The first-order valence-corrected chi connectivity index (χ1v) is 11.9. The van der Waals surface area contributed by atoms with Gasteiger partial charge in [-0.2, -0.15) is 0 Å². The lowest BCUT2D eigenvalue weighted by molar-refractivity contribution is -0.133. The number of carbonyl (C=O) groups is 2. The van der Waals surface area contributed by atoms with Crippen LogP contribution in [0.3, 0.4) is 0 Å². The maximum Gasteiger partial charge on any atom is 0.339 e. The molecule has 0 radical (unpaired) electrons. The molecule has 0 fully saturated rings. The highest BCUT2D eigenvalue weighted by atomic mass is 16.5. The Morgan fingerprint density at radius 3 is 1.65 bits per heavy atom. The largest absolute Gasteiger partial charge is 0.465 e. The Labute approximate surface area is 215 Å². The van der Waals surface area contributed by atoms with Crippen molar-refractivity contribution in [1.29, 1.82) is 0 Å². The highest BCUT2D eigenvalue weighted by Gasteiger charge is 2.27. The predicted molar refractivity (Wildman–Crippen MR) is 145 cm³/mol. The second-order valence-corrected chi connectivity index (χ2v) is 8.39. The van der Waals surface area contributed by atoms with Gasteiger partial charge in [0.2, 0.25) is 0 Å². The third-order valence-corrected chi connectivity index (χ3v) is 6.06. The number of benzene rings is 4. The molecule has 0 atom stereocenters. The van der Waals surface area contributed by atoms with Crippen LogP contribution in [0.4, 0.5) is 0 Å². The standard InChI is InChI=1S/C33H24O4/c1-36-33(35)30(24-16-8-3-9-17-24)29(23-14-6-2-7-15-23)28-22-27(31(34)25-18-10-4-11-19-25)32(37-28)26-20-12-5-13-21-26/h2-22H,1H3/b30-29+. The van der Waals surface area contributed by atoms with Crippen molar-refractivity contribution in [3.63, 3.8) is 0 Å². The van der Waals surface area contributed by atoms with Crippen LogP contribution in [0.15, 0.2) is 132 Å². The van der Waals surface area contributed by atoms with E-state index >= 15 is 0 Å². The normalized spacial score (nSPS) is 11.5. The average Bonchev–Trinajstić information content (AvgIpc) is 3.42. The molecule has 0 aliphatic carbocycles. The summed E-state index contributed by atoms with van der Waals surface area (Å²) in [6.45, 7) is 0. The van der Waals surface area contributed by atoms with E-state index in [0.717, 1.165) is 11.1 Å². The van der Waals surface area contributed by atoms with Crippen LogP contribution in [-0.4, -0.2) is 18.9 Å². The Kier molecular flexibility index (Phi) is 6.91. The molecule has 4 heteroatoms. The van der Waals surface area contributed by atoms with Crippen molar-refractivity contribution in [2.75, 3.05) is 7.11 Å². The van der Waals surface area contributed by atoms with Crippen LogP contribution >= 0.6 is 0 Å². The van der Waals surface area contributed by atoms with Gasteiger partial charge in [-0.25, -0.2) is 4.79 Å². The molecule has 0 unspecified atom stereocenters. The van der Waals surface area contributed by atoms with Crippen molar-refractivity contribution in [2.45, 2.75) is 0 Å². The van der Waals surface area contributed by atoms with Gasteiger partial charge in [0.1, 0.15) is 11.5 Å². The summed E-state index contributed by atoms with van der Waals surface area (Å²) in [7, 11) is 1.36. The number of ether oxygens (including phenoxy) is 1. The Morgan fingerprint density at radius 1 is 0.622 bits per heavy atom. The van der Waals surface area contributed by atoms with E-state index in [1.165, 1.54) is 7.11 Å². The fraction of sp³-hybridized carbons (Fsp3) is 0.0303. The van der Waals surface area contributed by atoms with Crippen LogP contribution < -0.4 is 0 Å². The van der Waals surface area contributed by atoms with Crippen LogP contribution in [0.5, 0.6) is 0 Å². The van der Waals surface area contributed by atoms with E-state index in [9.17, 15) is 9.59 Å². The summed E-state index contributed by atoms with van der Waals surface area (Å²) in [6.07, 6.45) is 0. The molecule has 0 saturated carbocycles. The molecule has 37 heavy (non-hydrogen) atoms. The van der Waals surface area contributed by atoms with Crippen LogP contribution in [0.25, 0.3) is 22.5 Å². The maximum absolute atomic E-state index is 13.7. The van der Waals surface area contributed by atoms with Gasteiger partial charge >= 0.3 is 5.97 Å². The Bertz CT molecular complexity index is 1550. The van der Waals surface area contributed by atoms with E-state index in [1.54, 1.807) is 18.2 Å². The van der Waals surface area contributed by atoms with Gasteiger partial charge in [0, 0.05) is 16.7 Å². The first-order chi connectivity index (χ1) is 18.2. The first-order valence-electron chi connectivity index (χ1n) is 11.9. The molecule has 4 aromatic carbocycles. The summed E-state index contributed by atoms with van der Waals surface area (Å²) in [6, 6.07) is 39.1. The zero-order chi connectivity index (χ0) is 25.6. The fourth-order valence-corrected chi connectivity index (χ4v) is 4.32. The number of furan rings is 1. The highest BCUT2D eigenvalue weighted by molar-refractivity contribution is 6.26. The summed E-state index contributed by atoms with van der Waals surface area (Å²) in [5.41, 5.74) is 4.07. The third kappa shape index (κ3) is 4.91. The molecule has 5 rings (SSSR count). The number of methoxy groups -OCH3 is 1. The molecule has 1 heterocycles. The molecule has 5 aromatic rings. The second-order valence-electron chi connectivity index (χ2n) is 8.39. The van der Waals surface area contributed by atoms with E-state index in [1.807, 2.05) is 109 Å². The Balaban J connectivity index is 1.82. The summed E-state index contributed by atoms with van der Waals surface area (Å²) in [5, 5.41) is 0. The Morgan fingerprint density at radius 2 is 1.11 bits per heavy atom. The minimum Gasteiger partial charge on any atom is -0.465 e. The van der Waals surface area contributed by atoms with Crippen molar-refractivity contribution in [2.24, 2.45) is 0 Å². The third-order valence-electron chi connectivity index (χ3n) is 6.06. The van der Waals surface area contributed by atoms with Crippen LogP contribution in [0, 0.1) is 0 Å². The topological polar surface area (TPSA) is 56.5 Å². The van der Waals surface area contributed by atoms with E-state index in [-0.39, 0.29) is 5.78 Å². The maximum atomic E-state index is 13.7. The van der Waals surface area contributed by atoms with Gasteiger partial charge in [0.05, 0.1) is 18.2 Å². The second kappa shape index (κ2) is 10.8. The number of esters is 1. The summed E-state index contributed by atoms with van der Waals surface area (Å²) < 4.78 is 11.7. The van der Waals surface area contributed by atoms with Crippen molar-refractivity contribution in [1.82, 2.24) is 0 Å². The zero-order valence-corrected chi connectivity index (χ0v) is 20.3. The van der Waals surface area contributed by atoms with Crippen molar-refractivity contribution >= 4 is 22.9 Å². The van der Waals surface area contributed by atoms with Crippen LogP contribution in [-0.2, 0) is 9.53 Å². The van der Waals surface area contributed by atoms with Crippen molar-refractivity contribution in [3.8, 4) is 11.3 Å². The summed E-state index contributed by atoms with van der Waals surface area (Å²) >= 11 is 0. The predicted octanol–water partition coefficient (Wildman–Crippen LogP) is 7.31. The van der Waals surface area contributed by atoms with E-state index < -0.39 is 5.97 Å². The SMILES string of the molecule is COC(=O)/C(=C(\c1ccccc1)c1cc(C(=O)c2ccccc2)c(-c2ccccc2)o1)c1ccccc1. The van der Waals surface area contributed by atoms with E-state index in [4.69, 9.17) is 9.15 Å². The molecule has 0 N–H and O–H groups in total. The quantitative estimate of drug-likeness (QED) is 0.105. The molecule has 1 aromatic heterocycles. The zero-order valence-electron chi connectivity index (χ0n) is 20.3. The monoisotopic (exact) mass is 484 g/mol. The van der Waals surface area contributed by atoms with Crippen molar-refractivity contribution < 1.29 is 18.7 Å². The van der Waals surface area contributed by atoms with Gasteiger partial charge in [-0.1, -0.05) is 121 Å². The van der Waals surface area contributed by atoms with Gasteiger partial charge in [-0.15, -0.1) is 0 Å². The van der Waals surface area contributed by atoms with Gasteiger partial charge in [0.25, 0.3) is 0 Å². The van der Waals surface area contributed by atoms with Crippen LogP contribution in [0.2, 0.25) is 0 Å². The molecule has 0 saturated heterocycles. The lowest BCUT2D eigenvalue weighted by Crippen LogP contribution is -2.07. The van der Waals surface area contributed by atoms with Crippen LogP contribution in [0.1, 0.15) is 32.8 Å². The molecule has 0 amide bonds. The van der Waals surface area contributed by atoms with Gasteiger partial charge in [-0.05, 0) is 17.2 Å². The van der Waals surface area contributed by atoms with Gasteiger partial charge in [-0.3, -0.25) is 4.79 Å². The summed E-state index contributed by atoms with van der Waals surface area (Å²) in [4.78, 5) is 26.9. The number of hydrogen-bond acceptors (Lipinski definition) is 4. The van der Waals surface area contributed by atoms with Gasteiger partial charge < -0.3 is 9.15 Å². The minimum absolute atomic E-state index is 0.166. The Hall–Kier alpha value is -4.96. The summed E-state index contributed by atoms with van der Waals surface area (Å²) in [5.74, 6) is 0.170. The van der Waals surface area contributed by atoms with Gasteiger partial charge in [0.15, 0.2) is 5.78 Å². The molecule has 0 aliphatic rings. The number of carbonyl (C=O) groups excluding carboxylic acids is 2. The molecule has 0 bridgehead atoms. The molecule has 4 nitrogen and oxygen atoms in total. The average molecular weight is 485 g/mol. The lowest BCUT2D eigenvalue weighted by atomic mass is 9.92. The number of rotatable bonds is 7. The smallest absolute Gasteiger partial charge is 0.339 e. The van der Waals surface area contributed by atoms with E-state index in [2.05, 4.69) is 0 Å². The first kappa shape index (κ1) is 23.8.